The Morgan fingerprint density at radius 1 is 0.868 bits per heavy atom. The Bertz CT molecular complexity index is 1380. The fraction of sp³-hybridized carbons (Fsp3) is 0.222. The maximum Gasteiger partial charge on any atom is 0.251 e. The highest BCUT2D eigenvalue weighted by Gasteiger charge is 2.17. The molecule has 11 heteroatoms. The first-order chi connectivity index (χ1) is 18.4. The van der Waals surface area contributed by atoms with Crippen LogP contribution in [-0.2, 0) is 13.2 Å². The van der Waals surface area contributed by atoms with Crippen molar-refractivity contribution in [2.24, 2.45) is 0 Å². The molecule has 0 aliphatic rings. The van der Waals surface area contributed by atoms with Crippen molar-refractivity contribution in [3.05, 3.63) is 82.1 Å². The number of halogens is 1. The molecule has 38 heavy (non-hydrogen) atoms. The van der Waals surface area contributed by atoms with Crippen LogP contribution in [0.3, 0.4) is 0 Å². The van der Waals surface area contributed by atoms with Gasteiger partial charge >= 0.3 is 0 Å². The molecule has 0 spiro atoms. The second-order valence-corrected chi connectivity index (χ2v) is 8.92. The SMILES string of the molecule is COc1cc(CNC(=O)c2cc(OC)c(OC)c(OC)c2)ccc1OCc1cn(-c2ccc(Br)cc2)nn1. The molecule has 3 aromatic carbocycles. The van der Waals surface area contributed by atoms with Gasteiger partial charge in [-0.15, -0.1) is 5.10 Å². The first-order valence-corrected chi connectivity index (χ1v) is 12.3. The van der Waals surface area contributed by atoms with Crippen molar-refractivity contribution in [3.63, 3.8) is 0 Å². The normalized spacial score (nSPS) is 10.6. The van der Waals surface area contributed by atoms with Gasteiger partial charge < -0.3 is 29.0 Å². The van der Waals surface area contributed by atoms with Crippen LogP contribution in [-0.4, -0.2) is 49.3 Å². The zero-order chi connectivity index (χ0) is 27.1. The smallest absolute Gasteiger partial charge is 0.251 e. The molecule has 0 unspecified atom stereocenters. The van der Waals surface area contributed by atoms with Gasteiger partial charge in [0.2, 0.25) is 5.75 Å². The Kier molecular flexibility index (Phi) is 8.70. The van der Waals surface area contributed by atoms with Gasteiger partial charge in [0.25, 0.3) is 5.91 Å². The van der Waals surface area contributed by atoms with E-state index < -0.39 is 0 Å². The fourth-order valence-electron chi connectivity index (χ4n) is 3.67. The standard InChI is InChI=1S/C27H27BrN4O6/c1-34-23-11-17(14-29-27(33)18-12-24(35-2)26(37-4)25(13-18)36-3)5-10-22(23)38-16-20-15-32(31-30-20)21-8-6-19(28)7-9-21/h5-13,15H,14,16H2,1-4H3,(H,29,33). The highest BCUT2D eigenvalue weighted by molar-refractivity contribution is 9.10. The Hall–Kier alpha value is -4.25. The molecule has 198 valence electrons. The summed E-state index contributed by atoms with van der Waals surface area (Å²) in [6.45, 7) is 0.484. The van der Waals surface area contributed by atoms with E-state index in [1.165, 1.54) is 21.3 Å². The van der Waals surface area contributed by atoms with Gasteiger partial charge in [-0.25, -0.2) is 4.68 Å². The summed E-state index contributed by atoms with van der Waals surface area (Å²) in [6, 6.07) is 16.4. The van der Waals surface area contributed by atoms with E-state index in [4.69, 9.17) is 23.7 Å². The van der Waals surface area contributed by atoms with E-state index in [1.807, 2.05) is 42.6 Å². The topological polar surface area (TPSA) is 106 Å². The van der Waals surface area contributed by atoms with Gasteiger partial charge in [0.05, 0.1) is 40.3 Å². The van der Waals surface area contributed by atoms with Crippen LogP contribution >= 0.6 is 15.9 Å². The minimum atomic E-state index is -0.294. The predicted octanol–water partition coefficient (Wildman–Crippen LogP) is 4.57. The van der Waals surface area contributed by atoms with Crippen LogP contribution in [0, 0.1) is 0 Å². The Labute approximate surface area is 228 Å². The number of ether oxygens (including phenoxy) is 5. The lowest BCUT2D eigenvalue weighted by molar-refractivity contribution is 0.0950. The average Bonchev–Trinajstić information content (AvgIpc) is 3.43. The summed E-state index contributed by atoms with van der Waals surface area (Å²) in [6.07, 6.45) is 1.81. The van der Waals surface area contributed by atoms with Crippen LogP contribution in [0.25, 0.3) is 5.69 Å². The number of benzene rings is 3. The summed E-state index contributed by atoms with van der Waals surface area (Å²) in [5.41, 5.74) is 2.76. The summed E-state index contributed by atoms with van der Waals surface area (Å²) >= 11 is 3.42. The lowest BCUT2D eigenvalue weighted by Crippen LogP contribution is -2.23. The van der Waals surface area contributed by atoms with Crippen molar-refractivity contribution in [2.75, 3.05) is 28.4 Å². The predicted molar refractivity (Wildman–Crippen MR) is 144 cm³/mol. The molecule has 4 rings (SSSR count). The largest absolute Gasteiger partial charge is 0.493 e. The molecule has 0 radical (unpaired) electrons. The first-order valence-electron chi connectivity index (χ1n) is 11.5. The number of amides is 1. The van der Waals surface area contributed by atoms with Gasteiger partial charge in [-0.1, -0.05) is 27.2 Å². The second-order valence-electron chi connectivity index (χ2n) is 8.00. The molecular weight excluding hydrogens is 556 g/mol. The van der Waals surface area contributed by atoms with Gasteiger partial charge in [0.15, 0.2) is 23.0 Å². The summed E-state index contributed by atoms with van der Waals surface area (Å²) in [5.74, 6) is 2.00. The Morgan fingerprint density at radius 3 is 2.18 bits per heavy atom. The average molecular weight is 583 g/mol. The van der Waals surface area contributed by atoms with E-state index in [-0.39, 0.29) is 19.1 Å². The van der Waals surface area contributed by atoms with Crippen LogP contribution in [0.4, 0.5) is 0 Å². The number of aromatic nitrogens is 3. The Morgan fingerprint density at radius 2 is 1.55 bits per heavy atom. The zero-order valence-corrected chi connectivity index (χ0v) is 22.9. The molecule has 0 bridgehead atoms. The van der Waals surface area contributed by atoms with E-state index in [9.17, 15) is 4.79 Å². The van der Waals surface area contributed by atoms with Crippen LogP contribution in [0.1, 0.15) is 21.6 Å². The Balaban J connectivity index is 1.39. The van der Waals surface area contributed by atoms with Gasteiger partial charge in [0, 0.05) is 16.6 Å². The number of methoxy groups -OCH3 is 4. The van der Waals surface area contributed by atoms with E-state index in [0.717, 1.165) is 15.7 Å². The molecule has 0 fully saturated rings. The van der Waals surface area contributed by atoms with Crippen molar-refractivity contribution < 1.29 is 28.5 Å². The van der Waals surface area contributed by atoms with Gasteiger partial charge in [0.1, 0.15) is 12.3 Å². The highest BCUT2D eigenvalue weighted by atomic mass is 79.9. The molecule has 1 N–H and O–H groups in total. The number of nitrogens with one attached hydrogen (secondary N) is 1. The summed E-state index contributed by atoms with van der Waals surface area (Å²) in [7, 11) is 6.07. The summed E-state index contributed by atoms with van der Waals surface area (Å²) in [4.78, 5) is 12.8. The number of hydrogen-bond donors (Lipinski definition) is 1. The van der Waals surface area contributed by atoms with Crippen LogP contribution in [0.15, 0.2) is 65.3 Å². The molecule has 1 aromatic heterocycles. The van der Waals surface area contributed by atoms with Crippen molar-refractivity contribution in [2.45, 2.75) is 13.2 Å². The monoisotopic (exact) mass is 582 g/mol. The zero-order valence-electron chi connectivity index (χ0n) is 21.4. The van der Waals surface area contributed by atoms with Crippen molar-refractivity contribution in [3.8, 4) is 34.4 Å². The van der Waals surface area contributed by atoms with Gasteiger partial charge in [-0.3, -0.25) is 4.79 Å². The quantitative estimate of drug-likeness (QED) is 0.274. The van der Waals surface area contributed by atoms with Crippen LogP contribution in [0.5, 0.6) is 28.7 Å². The lowest BCUT2D eigenvalue weighted by atomic mass is 10.1. The van der Waals surface area contributed by atoms with E-state index >= 15 is 0 Å². The summed E-state index contributed by atoms with van der Waals surface area (Å²) in [5, 5.41) is 11.2. The molecule has 10 nitrogen and oxygen atoms in total. The lowest BCUT2D eigenvalue weighted by Gasteiger charge is -2.14. The van der Waals surface area contributed by atoms with Crippen molar-refractivity contribution >= 4 is 21.8 Å². The van der Waals surface area contributed by atoms with Gasteiger partial charge in [-0.2, -0.15) is 0 Å². The first kappa shape index (κ1) is 26.8. The van der Waals surface area contributed by atoms with Gasteiger partial charge in [-0.05, 0) is 54.1 Å². The van der Waals surface area contributed by atoms with Crippen molar-refractivity contribution in [1.29, 1.82) is 0 Å². The fourth-order valence-corrected chi connectivity index (χ4v) is 3.94. The number of carbonyl (C=O) groups is 1. The molecule has 0 saturated heterocycles. The summed E-state index contributed by atoms with van der Waals surface area (Å²) < 4.78 is 30.1. The maximum atomic E-state index is 12.8. The minimum Gasteiger partial charge on any atom is -0.493 e. The molecular formula is C27H27BrN4O6. The minimum absolute atomic E-state index is 0.212. The molecule has 4 aromatic rings. The highest BCUT2D eigenvalue weighted by Crippen LogP contribution is 2.38. The molecule has 0 saturated carbocycles. The maximum absolute atomic E-state index is 12.8. The number of carbonyl (C=O) groups excluding carboxylic acids is 1. The third-order valence-electron chi connectivity index (χ3n) is 5.62. The third-order valence-corrected chi connectivity index (χ3v) is 6.14. The van der Waals surface area contributed by atoms with E-state index in [2.05, 4.69) is 31.6 Å². The second kappa shape index (κ2) is 12.3. The third kappa shape index (κ3) is 6.17. The van der Waals surface area contributed by atoms with E-state index in [1.54, 1.807) is 30.0 Å². The van der Waals surface area contributed by atoms with Crippen molar-refractivity contribution in [1.82, 2.24) is 20.3 Å². The molecule has 1 heterocycles. The number of nitrogens with zero attached hydrogens (tertiary/aromatic N) is 3. The van der Waals surface area contributed by atoms with E-state index in [0.29, 0.717) is 40.0 Å². The van der Waals surface area contributed by atoms with Crippen LogP contribution in [0.2, 0.25) is 0 Å². The number of rotatable bonds is 11. The molecule has 0 aliphatic carbocycles. The molecule has 1 amide bonds. The number of hydrogen-bond acceptors (Lipinski definition) is 8. The molecule has 0 aliphatic heterocycles. The van der Waals surface area contributed by atoms with Crippen LogP contribution < -0.4 is 29.0 Å². The molecule has 0 atom stereocenters.